The summed E-state index contributed by atoms with van der Waals surface area (Å²) in [6.07, 6.45) is 8.11. The summed E-state index contributed by atoms with van der Waals surface area (Å²) in [7, 11) is 0. The molecule has 1 aromatic rings. The van der Waals surface area contributed by atoms with Crippen molar-refractivity contribution in [2.24, 2.45) is 0 Å². The summed E-state index contributed by atoms with van der Waals surface area (Å²) in [6.45, 7) is 2.17. The highest BCUT2D eigenvalue weighted by atomic mass is 19.1. The molecule has 0 bridgehead atoms. The quantitative estimate of drug-likeness (QED) is 0.732. The van der Waals surface area contributed by atoms with Gasteiger partial charge < -0.3 is 4.74 Å². The van der Waals surface area contributed by atoms with Gasteiger partial charge in [-0.25, -0.2) is 4.39 Å². The van der Waals surface area contributed by atoms with Crippen molar-refractivity contribution in [1.29, 1.82) is 0 Å². The molecule has 0 spiro atoms. The van der Waals surface area contributed by atoms with E-state index in [0.717, 1.165) is 32.1 Å². The zero-order valence-corrected chi connectivity index (χ0v) is 10.5. The molecule has 17 heavy (non-hydrogen) atoms. The monoisotopic (exact) mass is 236 g/mol. The number of rotatable bonds is 5. The highest BCUT2D eigenvalue weighted by Crippen LogP contribution is 2.27. The van der Waals surface area contributed by atoms with Crippen molar-refractivity contribution in [3.05, 3.63) is 29.6 Å². The number of hydrogen-bond donors (Lipinski definition) is 0. The molecule has 0 N–H and O–H groups in total. The Labute approximate surface area is 103 Å². The van der Waals surface area contributed by atoms with Crippen LogP contribution in [0.2, 0.25) is 0 Å². The molecule has 1 nitrogen and oxygen atoms in total. The Balaban J connectivity index is 2.03. The Kier molecular flexibility index (Phi) is 4.41. The van der Waals surface area contributed by atoms with Gasteiger partial charge >= 0.3 is 0 Å². The zero-order chi connectivity index (χ0) is 12.1. The van der Waals surface area contributed by atoms with Crippen LogP contribution >= 0.6 is 0 Å². The van der Waals surface area contributed by atoms with E-state index in [1.54, 1.807) is 0 Å². The lowest BCUT2D eigenvalue weighted by Crippen LogP contribution is -2.12. The van der Waals surface area contributed by atoms with Gasteiger partial charge in [0.25, 0.3) is 0 Å². The van der Waals surface area contributed by atoms with E-state index in [0.29, 0.717) is 5.75 Å². The molecule has 1 fully saturated rings. The van der Waals surface area contributed by atoms with Crippen LogP contribution in [0.3, 0.4) is 0 Å². The Hall–Kier alpha value is -1.05. The lowest BCUT2D eigenvalue weighted by Gasteiger charge is -2.14. The third-order valence-corrected chi connectivity index (χ3v) is 3.41. The number of hydrogen-bond acceptors (Lipinski definition) is 1. The lowest BCUT2D eigenvalue weighted by molar-refractivity contribution is 0.200. The van der Waals surface area contributed by atoms with Crippen LogP contribution in [-0.2, 0) is 6.42 Å². The molecule has 0 radical (unpaired) electrons. The van der Waals surface area contributed by atoms with Gasteiger partial charge in [0.1, 0.15) is 0 Å². The molecule has 94 valence electrons. The molecule has 1 aliphatic rings. The van der Waals surface area contributed by atoms with E-state index < -0.39 is 0 Å². The van der Waals surface area contributed by atoms with Gasteiger partial charge in [-0.1, -0.05) is 19.4 Å². The fourth-order valence-electron chi connectivity index (χ4n) is 2.36. The molecule has 0 heterocycles. The van der Waals surface area contributed by atoms with Crippen LogP contribution in [-0.4, -0.2) is 6.10 Å². The first kappa shape index (κ1) is 12.4. The van der Waals surface area contributed by atoms with E-state index >= 15 is 0 Å². The van der Waals surface area contributed by atoms with E-state index in [1.807, 2.05) is 12.1 Å². The van der Waals surface area contributed by atoms with Crippen molar-refractivity contribution in [3.63, 3.8) is 0 Å². The van der Waals surface area contributed by atoms with E-state index in [-0.39, 0.29) is 11.9 Å². The first-order valence-electron chi connectivity index (χ1n) is 6.74. The van der Waals surface area contributed by atoms with Crippen LogP contribution in [0.4, 0.5) is 4.39 Å². The molecule has 2 rings (SSSR count). The highest BCUT2D eigenvalue weighted by molar-refractivity contribution is 5.30. The van der Waals surface area contributed by atoms with Crippen LogP contribution < -0.4 is 4.74 Å². The van der Waals surface area contributed by atoms with Gasteiger partial charge in [0.05, 0.1) is 6.10 Å². The first-order valence-corrected chi connectivity index (χ1v) is 6.74. The van der Waals surface area contributed by atoms with Gasteiger partial charge in [-0.2, -0.15) is 0 Å². The summed E-state index contributed by atoms with van der Waals surface area (Å²) in [4.78, 5) is 0. The highest BCUT2D eigenvalue weighted by Gasteiger charge is 2.18. The summed E-state index contributed by atoms with van der Waals surface area (Å²) in [5, 5.41) is 0. The Bertz CT molecular complexity index is 356. The van der Waals surface area contributed by atoms with Crippen molar-refractivity contribution in [1.82, 2.24) is 0 Å². The Morgan fingerprint density at radius 2 is 2.06 bits per heavy atom. The van der Waals surface area contributed by atoms with Gasteiger partial charge in [0.2, 0.25) is 0 Å². The average Bonchev–Trinajstić information content (AvgIpc) is 2.83. The number of halogens is 1. The summed E-state index contributed by atoms with van der Waals surface area (Å²) >= 11 is 0. The molecule has 0 saturated heterocycles. The predicted molar refractivity (Wildman–Crippen MR) is 67.9 cm³/mol. The minimum absolute atomic E-state index is 0.225. The minimum Gasteiger partial charge on any atom is -0.487 e. The summed E-state index contributed by atoms with van der Waals surface area (Å²) < 4.78 is 19.4. The SMILES string of the molecule is CCCCc1ccc(F)c(OC2CCCC2)c1. The number of unbranched alkanes of at least 4 members (excludes halogenated alkanes) is 1. The van der Waals surface area contributed by atoms with Crippen molar-refractivity contribution in [2.75, 3.05) is 0 Å². The van der Waals surface area contributed by atoms with Crippen molar-refractivity contribution < 1.29 is 9.13 Å². The first-order chi connectivity index (χ1) is 8.29. The number of aryl methyl sites for hydroxylation is 1. The molecule has 2 heteroatoms. The van der Waals surface area contributed by atoms with Crippen molar-refractivity contribution in [3.8, 4) is 5.75 Å². The van der Waals surface area contributed by atoms with E-state index in [2.05, 4.69) is 6.92 Å². The lowest BCUT2D eigenvalue weighted by atomic mass is 10.1. The normalized spacial score (nSPS) is 16.4. The number of benzene rings is 1. The van der Waals surface area contributed by atoms with Crippen molar-refractivity contribution in [2.45, 2.75) is 58.0 Å². The van der Waals surface area contributed by atoms with Crippen LogP contribution in [0.25, 0.3) is 0 Å². The molecule has 0 aromatic heterocycles. The Morgan fingerprint density at radius 3 is 2.76 bits per heavy atom. The van der Waals surface area contributed by atoms with Crippen molar-refractivity contribution >= 4 is 0 Å². The predicted octanol–water partition coefficient (Wildman–Crippen LogP) is 4.49. The standard InChI is InChI=1S/C15H21FO/c1-2-3-6-12-9-10-14(16)15(11-12)17-13-7-4-5-8-13/h9-11,13H,2-8H2,1H3. The van der Waals surface area contributed by atoms with E-state index in [9.17, 15) is 4.39 Å². The maximum Gasteiger partial charge on any atom is 0.165 e. The van der Waals surface area contributed by atoms with Gasteiger partial charge in [-0.05, 0) is 56.2 Å². The summed E-state index contributed by atoms with van der Waals surface area (Å²) in [5.41, 5.74) is 1.18. The largest absolute Gasteiger partial charge is 0.487 e. The molecular weight excluding hydrogens is 215 g/mol. The third kappa shape index (κ3) is 3.45. The third-order valence-electron chi connectivity index (χ3n) is 3.41. The van der Waals surface area contributed by atoms with Crippen LogP contribution in [0.15, 0.2) is 18.2 Å². The minimum atomic E-state index is -0.225. The van der Waals surface area contributed by atoms with E-state index in [4.69, 9.17) is 4.74 Å². The second kappa shape index (κ2) is 6.04. The maximum absolute atomic E-state index is 13.6. The second-order valence-electron chi connectivity index (χ2n) is 4.89. The van der Waals surface area contributed by atoms with E-state index in [1.165, 1.54) is 24.5 Å². The maximum atomic E-state index is 13.6. The van der Waals surface area contributed by atoms with Gasteiger partial charge in [-0.3, -0.25) is 0 Å². The van der Waals surface area contributed by atoms with Crippen LogP contribution in [0, 0.1) is 5.82 Å². The molecule has 1 aromatic carbocycles. The topological polar surface area (TPSA) is 9.23 Å². The molecule has 0 unspecified atom stereocenters. The van der Waals surface area contributed by atoms with Gasteiger partial charge in [0.15, 0.2) is 11.6 Å². The molecule has 1 aliphatic carbocycles. The molecule has 0 atom stereocenters. The second-order valence-corrected chi connectivity index (χ2v) is 4.89. The smallest absolute Gasteiger partial charge is 0.165 e. The molecule has 0 aliphatic heterocycles. The zero-order valence-electron chi connectivity index (χ0n) is 10.5. The van der Waals surface area contributed by atoms with Crippen LogP contribution in [0.5, 0.6) is 5.75 Å². The molecule has 0 amide bonds. The fraction of sp³-hybridized carbons (Fsp3) is 0.600. The fourth-order valence-corrected chi connectivity index (χ4v) is 2.36. The number of ether oxygens (including phenoxy) is 1. The molecule has 1 saturated carbocycles. The van der Waals surface area contributed by atoms with Gasteiger partial charge in [-0.15, -0.1) is 0 Å². The Morgan fingerprint density at radius 1 is 1.29 bits per heavy atom. The summed E-state index contributed by atoms with van der Waals surface area (Å²) in [6, 6.07) is 5.28. The van der Waals surface area contributed by atoms with Crippen LogP contribution in [0.1, 0.15) is 51.0 Å². The summed E-state index contributed by atoms with van der Waals surface area (Å²) in [5.74, 6) is 0.225. The molecular formula is C15H21FO. The average molecular weight is 236 g/mol. The van der Waals surface area contributed by atoms with Gasteiger partial charge in [0, 0.05) is 0 Å².